The van der Waals surface area contributed by atoms with E-state index in [1.807, 2.05) is 13.8 Å². The summed E-state index contributed by atoms with van der Waals surface area (Å²) in [6, 6.07) is 0. The van der Waals surface area contributed by atoms with Crippen molar-refractivity contribution in [3.05, 3.63) is 0 Å². The third kappa shape index (κ3) is 6.39. The lowest BCUT2D eigenvalue weighted by Gasteiger charge is -2.31. The highest BCUT2D eigenvalue weighted by Crippen LogP contribution is 2.25. The zero-order valence-corrected chi connectivity index (χ0v) is 12.7. The number of carbonyl (C=O) groups excluding carboxylic acids is 1. The SMILES string of the molecule is CC(C)OCCOC(=O)C(C)(C)OC1CCCCC1. The van der Waals surface area contributed by atoms with Crippen LogP contribution in [0, 0.1) is 0 Å². The molecule has 1 rings (SSSR count). The zero-order chi connectivity index (χ0) is 14.3. The van der Waals surface area contributed by atoms with Gasteiger partial charge in [-0.05, 0) is 40.5 Å². The van der Waals surface area contributed by atoms with Crippen LogP contribution in [-0.2, 0) is 19.0 Å². The Labute approximate surface area is 116 Å². The van der Waals surface area contributed by atoms with Gasteiger partial charge in [0, 0.05) is 0 Å². The summed E-state index contributed by atoms with van der Waals surface area (Å²) in [6.07, 6.45) is 6.11. The average molecular weight is 272 g/mol. The summed E-state index contributed by atoms with van der Waals surface area (Å²) in [5.41, 5.74) is -0.861. The van der Waals surface area contributed by atoms with Gasteiger partial charge in [0.1, 0.15) is 6.61 Å². The van der Waals surface area contributed by atoms with Crippen LogP contribution in [0.4, 0.5) is 0 Å². The van der Waals surface area contributed by atoms with Crippen LogP contribution in [0.3, 0.4) is 0 Å². The van der Waals surface area contributed by atoms with Gasteiger partial charge in [-0.15, -0.1) is 0 Å². The molecule has 0 aromatic carbocycles. The van der Waals surface area contributed by atoms with E-state index >= 15 is 0 Å². The van der Waals surface area contributed by atoms with Crippen molar-refractivity contribution < 1.29 is 19.0 Å². The standard InChI is InChI=1S/C15H28O4/c1-12(2)17-10-11-18-14(16)15(3,4)19-13-8-6-5-7-9-13/h12-13H,5-11H2,1-4H3. The molecule has 112 valence electrons. The lowest BCUT2D eigenvalue weighted by atomic mass is 9.97. The predicted molar refractivity (Wildman–Crippen MR) is 74.1 cm³/mol. The molecule has 0 amide bonds. The highest BCUT2D eigenvalue weighted by molar-refractivity contribution is 5.78. The second kappa shape index (κ2) is 7.85. The second-order valence-electron chi connectivity index (χ2n) is 5.94. The molecule has 4 nitrogen and oxygen atoms in total. The number of carbonyl (C=O) groups is 1. The molecule has 1 fully saturated rings. The molecular formula is C15H28O4. The Morgan fingerprint density at radius 2 is 1.79 bits per heavy atom. The van der Waals surface area contributed by atoms with Crippen LogP contribution in [-0.4, -0.2) is 37.0 Å². The maximum Gasteiger partial charge on any atom is 0.337 e. The Balaban J connectivity index is 2.27. The molecule has 1 aliphatic carbocycles. The first-order valence-electron chi connectivity index (χ1n) is 7.38. The zero-order valence-electron chi connectivity index (χ0n) is 12.7. The van der Waals surface area contributed by atoms with Gasteiger partial charge in [0.05, 0.1) is 18.8 Å². The van der Waals surface area contributed by atoms with E-state index in [0.717, 1.165) is 12.8 Å². The van der Waals surface area contributed by atoms with E-state index < -0.39 is 5.60 Å². The molecule has 0 radical (unpaired) electrons. The van der Waals surface area contributed by atoms with E-state index in [9.17, 15) is 4.79 Å². The monoisotopic (exact) mass is 272 g/mol. The quantitative estimate of drug-likeness (QED) is 0.528. The Morgan fingerprint density at radius 1 is 1.16 bits per heavy atom. The molecule has 19 heavy (non-hydrogen) atoms. The predicted octanol–water partition coefficient (Wildman–Crippen LogP) is 3.08. The van der Waals surface area contributed by atoms with E-state index in [0.29, 0.717) is 6.61 Å². The third-order valence-corrected chi connectivity index (χ3v) is 3.27. The molecule has 1 saturated carbocycles. The normalized spacial score (nSPS) is 17.7. The third-order valence-electron chi connectivity index (χ3n) is 3.27. The van der Waals surface area contributed by atoms with Crippen molar-refractivity contribution in [2.75, 3.05) is 13.2 Å². The molecule has 0 aliphatic heterocycles. The van der Waals surface area contributed by atoms with E-state index in [4.69, 9.17) is 14.2 Å². The first-order chi connectivity index (χ1) is 8.92. The smallest absolute Gasteiger partial charge is 0.337 e. The fourth-order valence-corrected chi connectivity index (χ4v) is 2.24. The van der Waals surface area contributed by atoms with Gasteiger partial charge in [-0.25, -0.2) is 4.79 Å². The van der Waals surface area contributed by atoms with E-state index in [1.165, 1.54) is 19.3 Å². The van der Waals surface area contributed by atoms with Gasteiger partial charge in [0.15, 0.2) is 5.60 Å². The van der Waals surface area contributed by atoms with Gasteiger partial charge in [-0.3, -0.25) is 0 Å². The van der Waals surface area contributed by atoms with Crippen molar-refractivity contribution in [1.82, 2.24) is 0 Å². The number of rotatable bonds is 7. The van der Waals surface area contributed by atoms with Crippen molar-refractivity contribution >= 4 is 5.97 Å². The molecule has 0 aromatic heterocycles. The molecule has 0 heterocycles. The van der Waals surface area contributed by atoms with Crippen LogP contribution in [0.5, 0.6) is 0 Å². The fourth-order valence-electron chi connectivity index (χ4n) is 2.24. The minimum absolute atomic E-state index is 0.158. The molecule has 0 N–H and O–H groups in total. The second-order valence-corrected chi connectivity index (χ2v) is 5.94. The summed E-state index contributed by atoms with van der Waals surface area (Å²) in [5.74, 6) is -0.301. The number of esters is 1. The Bertz CT molecular complexity index is 267. The van der Waals surface area contributed by atoms with Crippen LogP contribution >= 0.6 is 0 Å². The molecule has 0 aromatic rings. The molecule has 0 bridgehead atoms. The number of ether oxygens (including phenoxy) is 3. The van der Waals surface area contributed by atoms with Crippen molar-refractivity contribution in [2.45, 2.75) is 77.6 Å². The first-order valence-corrected chi connectivity index (χ1v) is 7.38. The van der Waals surface area contributed by atoms with E-state index in [-0.39, 0.29) is 24.8 Å². The summed E-state index contributed by atoms with van der Waals surface area (Å²) < 4.78 is 16.4. The minimum Gasteiger partial charge on any atom is -0.461 e. The molecule has 4 heteroatoms. The largest absolute Gasteiger partial charge is 0.461 e. The Morgan fingerprint density at radius 3 is 2.37 bits per heavy atom. The topological polar surface area (TPSA) is 44.8 Å². The molecule has 0 atom stereocenters. The van der Waals surface area contributed by atoms with Gasteiger partial charge >= 0.3 is 5.97 Å². The lowest BCUT2D eigenvalue weighted by molar-refractivity contribution is -0.178. The molecule has 0 unspecified atom stereocenters. The van der Waals surface area contributed by atoms with Crippen LogP contribution < -0.4 is 0 Å². The fraction of sp³-hybridized carbons (Fsp3) is 0.933. The first kappa shape index (κ1) is 16.4. The van der Waals surface area contributed by atoms with Crippen LogP contribution in [0.25, 0.3) is 0 Å². The van der Waals surface area contributed by atoms with Crippen molar-refractivity contribution in [1.29, 1.82) is 0 Å². The van der Waals surface area contributed by atoms with Gasteiger partial charge < -0.3 is 14.2 Å². The van der Waals surface area contributed by atoms with E-state index in [1.54, 1.807) is 13.8 Å². The summed E-state index contributed by atoms with van der Waals surface area (Å²) in [7, 11) is 0. The van der Waals surface area contributed by atoms with Gasteiger partial charge in [0.2, 0.25) is 0 Å². The van der Waals surface area contributed by atoms with Crippen LogP contribution in [0.15, 0.2) is 0 Å². The van der Waals surface area contributed by atoms with E-state index in [2.05, 4.69) is 0 Å². The lowest BCUT2D eigenvalue weighted by Crippen LogP contribution is -2.41. The molecule has 0 saturated heterocycles. The highest BCUT2D eigenvalue weighted by Gasteiger charge is 2.33. The molecule has 0 spiro atoms. The molecular weight excluding hydrogens is 244 g/mol. The summed E-state index contributed by atoms with van der Waals surface area (Å²) in [5, 5.41) is 0. The number of hydrogen-bond acceptors (Lipinski definition) is 4. The van der Waals surface area contributed by atoms with Gasteiger partial charge in [-0.1, -0.05) is 19.3 Å². The minimum atomic E-state index is -0.861. The highest BCUT2D eigenvalue weighted by atomic mass is 16.6. The Kier molecular flexibility index (Phi) is 6.80. The van der Waals surface area contributed by atoms with Gasteiger partial charge in [-0.2, -0.15) is 0 Å². The summed E-state index contributed by atoms with van der Waals surface area (Å²) in [6.45, 7) is 8.20. The van der Waals surface area contributed by atoms with Crippen molar-refractivity contribution in [2.24, 2.45) is 0 Å². The number of hydrogen-bond donors (Lipinski definition) is 0. The van der Waals surface area contributed by atoms with Crippen molar-refractivity contribution in [3.63, 3.8) is 0 Å². The van der Waals surface area contributed by atoms with Crippen molar-refractivity contribution in [3.8, 4) is 0 Å². The average Bonchev–Trinajstić information content (AvgIpc) is 2.34. The molecule has 1 aliphatic rings. The summed E-state index contributed by atoms with van der Waals surface area (Å²) in [4.78, 5) is 12.0. The maximum atomic E-state index is 12.0. The van der Waals surface area contributed by atoms with Crippen LogP contribution in [0.1, 0.15) is 59.8 Å². The Hall–Kier alpha value is -0.610. The van der Waals surface area contributed by atoms with Crippen LogP contribution in [0.2, 0.25) is 0 Å². The summed E-state index contributed by atoms with van der Waals surface area (Å²) >= 11 is 0. The van der Waals surface area contributed by atoms with Gasteiger partial charge in [0.25, 0.3) is 0 Å². The maximum absolute atomic E-state index is 12.0.